The van der Waals surface area contributed by atoms with E-state index in [9.17, 15) is 15.0 Å². The summed E-state index contributed by atoms with van der Waals surface area (Å²) in [6, 6.07) is 0. The third kappa shape index (κ3) is 1.83. The van der Waals surface area contributed by atoms with E-state index in [1.807, 2.05) is 13.0 Å². The highest BCUT2D eigenvalue weighted by molar-refractivity contribution is 6.04. The zero-order chi connectivity index (χ0) is 16.6. The minimum Gasteiger partial charge on any atom is -0.504 e. The highest BCUT2D eigenvalue weighted by Gasteiger charge is 2.62. The van der Waals surface area contributed by atoms with E-state index >= 15 is 0 Å². The van der Waals surface area contributed by atoms with Gasteiger partial charge in [-0.15, -0.1) is 0 Å². The second-order valence-electron chi connectivity index (χ2n) is 9.03. The molecule has 0 bridgehead atoms. The van der Waals surface area contributed by atoms with Crippen molar-refractivity contribution in [2.75, 3.05) is 0 Å². The van der Waals surface area contributed by atoms with Crippen molar-refractivity contribution in [3.8, 4) is 0 Å². The summed E-state index contributed by atoms with van der Waals surface area (Å²) in [5, 5.41) is 20.9. The van der Waals surface area contributed by atoms with E-state index in [1.165, 1.54) is 5.57 Å². The number of carbonyl (C=O) groups is 1. The predicted molar refractivity (Wildman–Crippen MR) is 88.8 cm³/mol. The van der Waals surface area contributed by atoms with Gasteiger partial charge in [-0.2, -0.15) is 0 Å². The van der Waals surface area contributed by atoms with Crippen LogP contribution in [0, 0.1) is 28.6 Å². The lowest BCUT2D eigenvalue weighted by Crippen LogP contribution is -2.53. The Morgan fingerprint density at radius 3 is 2.52 bits per heavy atom. The maximum Gasteiger partial charge on any atom is 0.219 e. The van der Waals surface area contributed by atoms with Gasteiger partial charge < -0.3 is 10.2 Å². The summed E-state index contributed by atoms with van der Waals surface area (Å²) in [6.45, 7) is 6.51. The van der Waals surface area contributed by atoms with Crippen LogP contribution in [0.2, 0.25) is 0 Å². The minimum atomic E-state index is -0.555. The molecule has 4 rings (SSSR count). The van der Waals surface area contributed by atoms with Gasteiger partial charge in [-0.25, -0.2) is 0 Å². The molecule has 2 N–H and O–H groups in total. The molecule has 0 saturated heterocycles. The molecule has 3 saturated carbocycles. The summed E-state index contributed by atoms with van der Waals surface area (Å²) >= 11 is 0. The van der Waals surface area contributed by atoms with Crippen LogP contribution in [0.5, 0.6) is 0 Å². The smallest absolute Gasteiger partial charge is 0.219 e. The molecule has 0 unspecified atom stereocenters. The topological polar surface area (TPSA) is 57.5 Å². The fraction of sp³-hybridized carbons (Fsp3) is 0.750. The molecule has 3 fully saturated rings. The van der Waals surface area contributed by atoms with Gasteiger partial charge in [0.05, 0.1) is 5.60 Å². The van der Waals surface area contributed by atoms with Crippen LogP contribution in [0.3, 0.4) is 0 Å². The molecule has 126 valence electrons. The van der Waals surface area contributed by atoms with Crippen LogP contribution in [-0.2, 0) is 4.79 Å². The lowest BCUT2D eigenvalue weighted by molar-refractivity contribution is -0.117. The zero-order valence-corrected chi connectivity index (χ0v) is 14.4. The molecule has 4 aliphatic rings. The van der Waals surface area contributed by atoms with E-state index in [2.05, 4.69) is 13.8 Å². The van der Waals surface area contributed by atoms with Crippen molar-refractivity contribution >= 4 is 5.78 Å². The molecule has 3 nitrogen and oxygen atoms in total. The van der Waals surface area contributed by atoms with Gasteiger partial charge in [-0.05, 0) is 80.8 Å². The Kier molecular flexibility index (Phi) is 3.02. The van der Waals surface area contributed by atoms with Crippen LogP contribution < -0.4 is 0 Å². The Morgan fingerprint density at radius 2 is 1.78 bits per heavy atom. The molecular weight excluding hydrogens is 288 g/mol. The van der Waals surface area contributed by atoms with Gasteiger partial charge in [-0.1, -0.05) is 19.4 Å². The Hall–Kier alpha value is -1.09. The standard InChI is InChI=1S/C20H28O3/c1-18-11-17(22)16(21)10-12(18)4-5-13-14(18)6-8-19(2)15(13)7-9-20(19,3)23/h10-11,13-15,22-23H,4-9H2,1-3H3/t13-,14-,15-,18-,19-,20-/m0/s1. The minimum absolute atomic E-state index is 0.0159. The zero-order valence-electron chi connectivity index (χ0n) is 14.4. The number of aliphatic hydroxyl groups excluding tert-OH is 1. The van der Waals surface area contributed by atoms with Gasteiger partial charge in [0.2, 0.25) is 5.78 Å². The number of fused-ring (bicyclic) bond motifs is 5. The van der Waals surface area contributed by atoms with Gasteiger partial charge in [0.15, 0.2) is 5.76 Å². The second kappa shape index (κ2) is 4.50. The fourth-order valence-corrected chi connectivity index (χ4v) is 6.52. The maximum atomic E-state index is 11.8. The molecule has 0 spiro atoms. The number of aliphatic hydroxyl groups is 2. The van der Waals surface area contributed by atoms with E-state index in [0.29, 0.717) is 17.8 Å². The molecule has 0 amide bonds. The maximum absolute atomic E-state index is 11.8. The number of hydrogen-bond donors (Lipinski definition) is 2. The Labute approximate surface area is 138 Å². The third-order valence-corrected chi connectivity index (χ3v) is 8.20. The van der Waals surface area contributed by atoms with Crippen molar-refractivity contribution < 1.29 is 15.0 Å². The first-order valence-corrected chi connectivity index (χ1v) is 9.09. The number of carbonyl (C=O) groups excluding carboxylic acids is 1. The fourth-order valence-electron chi connectivity index (χ4n) is 6.52. The van der Waals surface area contributed by atoms with Crippen molar-refractivity contribution in [2.45, 2.75) is 64.9 Å². The van der Waals surface area contributed by atoms with Crippen molar-refractivity contribution in [2.24, 2.45) is 28.6 Å². The van der Waals surface area contributed by atoms with Crippen LogP contribution in [0.4, 0.5) is 0 Å². The molecule has 3 heteroatoms. The van der Waals surface area contributed by atoms with E-state index in [0.717, 1.165) is 38.5 Å². The quantitative estimate of drug-likeness (QED) is 0.712. The number of allylic oxidation sites excluding steroid dienone is 3. The normalized spacial score (nSPS) is 52.2. The van der Waals surface area contributed by atoms with E-state index in [1.54, 1.807) is 6.08 Å². The Bertz CT molecular complexity index is 629. The first kappa shape index (κ1) is 15.4. The highest BCUT2D eigenvalue weighted by Crippen LogP contribution is 2.66. The van der Waals surface area contributed by atoms with Crippen molar-refractivity contribution in [3.63, 3.8) is 0 Å². The van der Waals surface area contributed by atoms with Crippen LogP contribution in [0.15, 0.2) is 23.5 Å². The monoisotopic (exact) mass is 316 g/mol. The predicted octanol–water partition coefficient (Wildman–Crippen LogP) is 3.93. The van der Waals surface area contributed by atoms with Crippen LogP contribution in [0.1, 0.15) is 59.3 Å². The van der Waals surface area contributed by atoms with Crippen molar-refractivity contribution in [1.82, 2.24) is 0 Å². The summed E-state index contributed by atoms with van der Waals surface area (Å²) in [5.74, 6) is 1.30. The van der Waals surface area contributed by atoms with Crippen LogP contribution in [0.25, 0.3) is 0 Å². The number of ketones is 1. The lowest BCUT2D eigenvalue weighted by Gasteiger charge is -2.57. The van der Waals surface area contributed by atoms with Gasteiger partial charge in [0.1, 0.15) is 0 Å². The molecular formula is C20H28O3. The lowest BCUT2D eigenvalue weighted by atomic mass is 9.47. The summed E-state index contributed by atoms with van der Waals surface area (Å²) < 4.78 is 0. The molecule has 0 aromatic heterocycles. The summed E-state index contributed by atoms with van der Waals surface area (Å²) in [6.07, 6.45) is 9.69. The van der Waals surface area contributed by atoms with Gasteiger partial charge in [0.25, 0.3) is 0 Å². The Balaban J connectivity index is 1.73. The van der Waals surface area contributed by atoms with Crippen LogP contribution >= 0.6 is 0 Å². The van der Waals surface area contributed by atoms with Gasteiger partial charge in [0, 0.05) is 5.41 Å². The highest BCUT2D eigenvalue weighted by atomic mass is 16.3. The molecule has 0 aliphatic heterocycles. The van der Waals surface area contributed by atoms with E-state index < -0.39 is 5.60 Å². The molecule has 23 heavy (non-hydrogen) atoms. The average molecular weight is 316 g/mol. The summed E-state index contributed by atoms with van der Waals surface area (Å²) in [7, 11) is 0. The Morgan fingerprint density at radius 1 is 1.09 bits per heavy atom. The summed E-state index contributed by atoms with van der Waals surface area (Å²) in [4.78, 5) is 11.8. The largest absolute Gasteiger partial charge is 0.504 e. The van der Waals surface area contributed by atoms with Crippen molar-refractivity contribution in [3.05, 3.63) is 23.5 Å². The second-order valence-corrected chi connectivity index (χ2v) is 9.03. The van der Waals surface area contributed by atoms with E-state index in [-0.39, 0.29) is 22.4 Å². The first-order chi connectivity index (χ1) is 10.7. The molecule has 0 heterocycles. The molecule has 0 radical (unpaired) electrons. The van der Waals surface area contributed by atoms with Gasteiger partial charge >= 0.3 is 0 Å². The molecule has 6 atom stereocenters. The third-order valence-electron chi connectivity index (χ3n) is 8.20. The number of hydrogen-bond acceptors (Lipinski definition) is 3. The average Bonchev–Trinajstić information content (AvgIpc) is 2.71. The van der Waals surface area contributed by atoms with Crippen LogP contribution in [-0.4, -0.2) is 21.6 Å². The molecule has 0 aromatic rings. The van der Waals surface area contributed by atoms with E-state index in [4.69, 9.17) is 0 Å². The van der Waals surface area contributed by atoms with Gasteiger partial charge in [-0.3, -0.25) is 4.79 Å². The first-order valence-electron chi connectivity index (χ1n) is 9.09. The summed E-state index contributed by atoms with van der Waals surface area (Å²) in [5.41, 5.74) is 0.480. The molecule has 0 aromatic carbocycles. The van der Waals surface area contributed by atoms with Crippen molar-refractivity contribution in [1.29, 1.82) is 0 Å². The SMILES string of the molecule is C[C@]12C=C(O)C(=O)C=C1CC[C@H]1[C@@H]2CC[C@@]2(C)[C@H]1CC[C@]2(C)O. The molecule has 4 aliphatic carbocycles. The number of rotatable bonds is 0.